The van der Waals surface area contributed by atoms with Crippen LogP contribution < -0.4 is 4.90 Å². The first-order valence-corrected chi connectivity index (χ1v) is 9.10. The van der Waals surface area contributed by atoms with Gasteiger partial charge in [-0.25, -0.2) is 9.37 Å². The molecule has 0 radical (unpaired) electrons. The van der Waals surface area contributed by atoms with Crippen LogP contribution >= 0.6 is 11.3 Å². The van der Waals surface area contributed by atoms with E-state index in [-0.39, 0.29) is 11.7 Å². The van der Waals surface area contributed by atoms with Crippen LogP contribution in [0.15, 0.2) is 48.8 Å². The van der Waals surface area contributed by atoms with Crippen molar-refractivity contribution in [3.8, 4) is 0 Å². The van der Waals surface area contributed by atoms with E-state index in [0.717, 1.165) is 11.3 Å². The van der Waals surface area contributed by atoms with E-state index in [9.17, 15) is 9.18 Å². The van der Waals surface area contributed by atoms with Gasteiger partial charge in [-0.15, -0.1) is 0 Å². The number of halogens is 1. The van der Waals surface area contributed by atoms with Crippen molar-refractivity contribution in [2.75, 3.05) is 4.90 Å². The number of fused-ring (bicyclic) bond motifs is 1. The lowest BCUT2D eigenvalue weighted by molar-refractivity contribution is 0.0976. The number of amides is 1. The number of carbonyl (C=O) groups excluding carboxylic acids is 1. The van der Waals surface area contributed by atoms with E-state index in [0.29, 0.717) is 27.6 Å². The lowest BCUT2D eigenvalue weighted by Gasteiger charge is -2.19. The second-order valence-electron chi connectivity index (χ2n) is 6.16. The zero-order chi connectivity index (χ0) is 19.0. The summed E-state index contributed by atoms with van der Waals surface area (Å²) < 4.78 is 15.8. The molecule has 4 aromatic rings. The topological polar surface area (TPSA) is 63.9 Å². The zero-order valence-corrected chi connectivity index (χ0v) is 15.6. The number of thiazole rings is 1. The van der Waals surface area contributed by atoms with Gasteiger partial charge in [0.05, 0.1) is 22.5 Å². The molecule has 3 heterocycles. The molecule has 1 aromatic carbocycles. The molecule has 4 rings (SSSR count). The molecular formula is C19H16FN5OS. The maximum absolute atomic E-state index is 13.6. The first kappa shape index (κ1) is 17.3. The highest BCUT2D eigenvalue weighted by Gasteiger charge is 2.24. The van der Waals surface area contributed by atoms with E-state index >= 15 is 0 Å². The van der Waals surface area contributed by atoms with E-state index in [1.54, 1.807) is 41.2 Å². The van der Waals surface area contributed by atoms with Gasteiger partial charge < -0.3 is 0 Å². The summed E-state index contributed by atoms with van der Waals surface area (Å²) in [6.07, 6.45) is 3.39. The summed E-state index contributed by atoms with van der Waals surface area (Å²) in [5.41, 5.74) is 2.74. The molecule has 0 fully saturated rings. The number of rotatable bonds is 4. The predicted octanol–water partition coefficient (Wildman–Crippen LogP) is 3.72. The molecule has 0 aliphatic heterocycles. The normalized spacial score (nSPS) is 11.1. The van der Waals surface area contributed by atoms with Gasteiger partial charge in [0.25, 0.3) is 5.91 Å². The number of pyridine rings is 1. The molecule has 0 unspecified atom stereocenters. The fourth-order valence-electron chi connectivity index (χ4n) is 2.85. The quantitative estimate of drug-likeness (QED) is 0.540. The monoisotopic (exact) mass is 381 g/mol. The Morgan fingerprint density at radius 3 is 2.85 bits per heavy atom. The van der Waals surface area contributed by atoms with E-state index in [1.807, 2.05) is 19.1 Å². The second kappa shape index (κ2) is 6.88. The fourth-order valence-corrected chi connectivity index (χ4v) is 3.84. The van der Waals surface area contributed by atoms with Crippen LogP contribution in [-0.2, 0) is 13.6 Å². The molecule has 0 atom stereocenters. The Morgan fingerprint density at radius 2 is 2.15 bits per heavy atom. The van der Waals surface area contributed by atoms with E-state index in [1.165, 1.54) is 23.5 Å². The highest BCUT2D eigenvalue weighted by Crippen LogP contribution is 2.31. The van der Waals surface area contributed by atoms with Crippen molar-refractivity contribution in [1.29, 1.82) is 0 Å². The van der Waals surface area contributed by atoms with Crippen LogP contribution in [-0.4, -0.2) is 25.7 Å². The van der Waals surface area contributed by atoms with Crippen LogP contribution in [0.3, 0.4) is 0 Å². The average molecular weight is 381 g/mol. The summed E-state index contributed by atoms with van der Waals surface area (Å²) in [7, 11) is 1.73. The lowest BCUT2D eigenvalue weighted by atomic mass is 10.2. The molecule has 0 spiro atoms. The molecule has 0 saturated heterocycles. The van der Waals surface area contributed by atoms with Crippen molar-refractivity contribution in [2.45, 2.75) is 13.5 Å². The number of aryl methyl sites for hydroxylation is 2. The van der Waals surface area contributed by atoms with Gasteiger partial charge in [-0.1, -0.05) is 17.4 Å². The van der Waals surface area contributed by atoms with Crippen molar-refractivity contribution >= 4 is 32.6 Å². The molecular weight excluding hydrogens is 365 g/mol. The molecule has 27 heavy (non-hydrogen) atoms. The average Bonchev–Trinajstić information content (AvgIpc) is 3.22. The summed E-state index contributed by atoms with van der Waals surface area (Å²) in [6.45, 7) is 2.14. The van der Waals surface area contributed by atoms with E-state index in [4.69, 9.17) is 0 Å². The van der Waals surface area contributed by atoms with Crippen LogP contribution in [0, 0.1) is 12.7 Å². The molecule has 1 amide bonds. The van der Waals surface area contributed by atoms with Crippen molar-refractivity contribution in [3.63, 3.8) is 0 Å². The van der Waals surface area contributed by atoms with Gasteiger partial charge in [0.15, 0.2) is 5.13 Å². The summed E-state index contributed by atoms with van der Waals surface area (Å²) in [5.74, 6) is -0.549. The molecule has 136 valence electrons. The third-order valence-electron chi connectivity index (χ3n) is 4.10. The molecule has 0 aliphatic carbocycles. The maximum atomic E-state index is 13.6. The molecule has 8 heteroatoms. The summed E-state index contributed by atoms with van der Waals surface area (Å²) in [6, 6.07) is 9.87. The molecule has 0 aliphatic rings. The summed E-state index contributed by atoms with van der Waals surface area (Å²) >= 11 is 1.28. The second-order valence-corrected chi connectivity index (χ2v) is 7.16. The molecule has 3 aromatic heterocycles. The number of nitrogens with zero attached hydrogens (tertiary/aromatic N) is 5. The summed E-state index contributed by atoms with van der Waals surface area (Å²) in [5, 5.41) is 4.76. The smallest absolute Gasteiger partial charge is 0.278 e. The van der Waals surface area contributed by atoms with Crippen molar-refractivity contribution in [2.24, 2.45) is 7.05 Å². The van der Waals surface area contributed by atoms with Gasteiger partial charge in [-0.2, -0.15) is 5.10 Å². The SMILES string of the molecule is Cc1cc(C(=O)N(Cc2cccnc2)c2nc3ccc(F)cc3s2)n(C)n1. The highest BCUT2D eigenvalue weighted by atomic mass is 32.1. The van der Waals surface area contributed by atoms with Gasteiger partial charge in [0, 0.05) is 19.4 Å². The fraction of sp³-hybridized carbons (Fsp3) is 0.158. The number of carbonyl (C=O) groups is 1. The molecule has 0 saturated carbocycles. The van der Waals surface area contributed by atoms with Gasteiger partial charge in [-0.05, 0) is 42.8 Å². The highest BCUT2D eigenvalue weighted by molar-refractivity contribution is 7.22. The Morgan fingerprint density at radius 1 is 1.30 bits per heavy atom. The van der Waals surface area contributed by atoms with Crippen molar-refractivity contribution in [3.05, 3.63) is 71.6 Å². The Hall–Kier alpha value is -3.13. The van der Waals surface area contributed by atoms with Gasteiger partial charge in [0.1, 0.15) is 11.5 Å². The molecule has 6 nitrogen and oxygen atoms in total. The van der Waals surface area contributed by atoms with Gasteiger partial charge in [-0.3, -0.25) is 19.4 Å². The van der Waals surface area contributed by atoms with Crippen LogP contribution in [0.2, 0.25) is 0 Å². The van der Waals surface area contributed by atoms with E-state index < -0.39 is 0 Å². The minimum Gasteiger partial charge on any atom is -0.278 e. The lowest BCUT2D eigenvalue weighted by Crippen LogP contribution is -2.31. The number of benzene rings is 1. The Labute approximate surface area is 158 Å². The van der Waals surface area contributed by atoms with Gasteiger partial charge >= 0.3 is 0 Å². The molecule has 0 N–H and O–H groups in total. The predicted molar refractivity (Wildman–Crippen MR) is 102 cm³/mol. The third kappa shape index (κ3) is 3.43. The summed E-state index contributed by atoms with van der Waals surface area (Å²) in [4.78, 5) is 23.5. The number of hydrogen-bond donors (Lipinski definition) is 0. The Kier molecular flexibility index (Phi) is 4.41. The van der Waals surface area contributed by atoms with Crippen LogP contribution in [0.1, 0.15) is 21.7 Å². The minimum absolute atomic E-state index is 0.221. The first-order valence-electron chi connectivity index (χ1n) is 8.29. The van der Waals surface area contributed by atoms with Gasteiger partial charge in [0.2, 0.25) is 0 Å². The van der Waals surface area contributed by atoms with E-state index in [2.05, 4.69) is 15.1 Å². The maximum Gasteiger partial charge on any atom is 0.278 e. The van der Waals surface area contributed by atoms with Crippen LogP contribution in [0.25, 0.3) is 10.2 Å². The van der Waals surface area contributed by atoms with Crippen LogP contribution in [0.5, 0.6) is 0 Å². The zero-order valence-electron chi connectivity index (χ0n) is 14.8. The Balaban J connectivity index is 1.79. The first-order chi connectivity index (χ1) is 13.0. The number of anilines is 1. The molecule has 0 bridgehead atoms. The van der Waals surface area contributed by atoms with Crippen molar-refractivity contribution < 1.29 is 9.18 Å². The number of hydrogen-bond acceptors (Lipinski definition) is 5. The minimum atomic E-state index is -0.329. The van der Waals surface area contributed by atoms with Crippen LogP contribution in [0.4, 0.5) is 9.52 Å². The standard InChI is InChI=1S/C19H16FN5OS/c1-12-8-16(24(2)23-12)18(26)25(11-13-4-3-7-21-10-13)19-22-15-6-5-14(20)9-17(15)27-19/h3-10H,11H2,1-2H3. The number of aromatic nitrogens is 4. The third-order valence-corrected chi connectivity index (χ3v) is 5.14. The largest absolute Gasteiger partial charge is 0.278 e. The Bertz CT molecular complexity index is 1120. The van der Waals surface area contributed by atoms with Crippen molar-refractivity contribution in [1.82, 2.24) is 19.7 Å².